The predicted octanol–water partition coefficient (Wildman–Crippen LogP) is 5.48. The quantitative estimate of drug-likeness (QED) is 0.252. The summed E-state index contributed by atoms with van der Waals surface area (Å²) in [5, 5.41) is 13.7. The topological polar surface area (TPSA) is 88.9 Å². The summed E-state index contributed by atoms with van der Waals surface area (Å²) < 4.78 is 20.9. The van der Waals surface area contributed by atoms with Crippen LogP contribution in [0.4, 0.5) is 4.39 Å². The molecule has 0 fully saturated rings. The molecule has 2 heterocycles. The molecule has 1 N–H and O–H groups in total. The van der Waals surface area contributed by atoms with Crippen LogP contribution >= 0.6 is 0 Å². The SMILES string of the molecule is CCC(c1nnnn1Cc1ccc(F)cc1)N(Cc1ccccc1OC)Cc1cc2c(C)ccc(C)c2[nH]c1=O. The zero-order valence-corrected chi connectivity index (χ0v) is 23.2. The summed E-state index contributed by atoms with van der Waals surface area (Å²) in [6, 6.07) is 20.1. The molecule has 0 radical (unpaired) electrons. The van der Waals surface area contributed by atoms with Crippen LogP contribution < -0.4 is 10.3 Å². The number of tetrazole rings is 1. The number of nitrogens with one attached hydrogen (secondary N) is 1. The third-order valence-corrected chi connectivity index (χ3v) is 7.39. The van der Waals surface area contributed by atoms with Gasteiger partial charge >= 0.3 is 0 Å². The second-order valence-electron chi connectivity index (χ2n) is 10.1. The second kappa shape index (κ2) is 11.8. The molecule has 0 saturated carbocycles. The largest absolute Gasteiger partial charge is 0.496 e. The molecule has 0 bridgehead atoms. The molecule has 0 aliphatic rings. The first-order valence-electron chi connectivity index (χ1n) is 13.4. The van der Waals surface area contributed by atoms with Crippen LogP contribution in [-0.2, 0) is 19.6 Å². The molecule has 5 rings (SSSR count). The average molecular weight is 541 g/mol. The van der Waals surface area contributed by atoms with E-state index in [1.807, 2.05) is 43.3 Å². The summed E-state index contributed by atoms with van der Waals surface area (Å²) in [7, 11) is 1.66. The lowest BCUT2D eigenvalue weighted by atomic mass is 10.0. The number of hydrogen-bond acceptors (Lipinski definition) is 6. The fourth-order valence-corrected chi connectivity index (χ4v) is 5.21. The molecule has 0 amide bonds. The van der Waals surface area contributed by atoms with Crippen molar-refractivity contribution < 1.29 is 9.13 Å². The minimum atomic E-state index is -0.291. The summed E-state index contributed by atoms with van der Waals surface area (Å²) in [6.07, 6.45) is 0.697. The van der Waals surface area contributed by atoms with Crippen LogP contribution in [0.1, 0.15) is 53.0 Å². The van der Waals surface area contributed by atoms with Crippen LogP contribution in [0.15, 0.2) is 71.5 Å². The maximum atomic E-state index is 13.5. The molecule has 1 unspecified atom stereocenters. The van der Waals surface area contributed by atoms with E-state index in [1.165, 1.54) is 12.1 Å². The number of halogens is 1. The molecular formula is C31H33FN6O2. The lowest BCUT2D eigenvalue weighted by molar-refractivity contribution is 0.159. The van der Waals surface area contributed by atoms with E-state index in [0.717, 1.165) is 38.9 Å². The number of hydrogen-bond donors (Lipinski definition) is 1. The number of H-pyrrole nitrogens is 1. The molecule has 0 saturated heterocycles. The summed E-state index contributed by atoms with van der Waals surface area (Å²) in [5.74, 6) is 1.15. The van der Waals surface area contributed by atoms with E-state index in [1.54, 1.807) is 23.9 Å². The van der Waals surface area contributed by atoms with Gasteiger partial charge in [-0.3, -0.25) is 9.69 Å². The van der Waals surface area contributed by atoms with Gasteiger partial charge in [-0.15, -0.1) is 5.10 Å². The van der Waals surface area contributed by atoms with Crippen LogP contribution in [0.5, 0.6) is 5.75 Å². The normalized spacial score (nSPS) is 12.2. The smallest absolute Gasteiger partial charge is 0.252 e. The highest BCUT2D eigenvalue weighted by Crippen LogP contribution is 2.30. The molecule has 5 aromatic rings. The molecule has 8 nitrogen and oxygen atoms in total. The Labute approximate surface area is 232 Å². The van der Waals surface area contributed by atoms with Crippen LogP contribution in [0.2, 0.25) is 0 Å². The van der Waals surface area contributed by atoms with Gasteiger partial charge < -0.3 is 9.72 Å². The van der Waals surface area contributed by atoms with Gasteiger partial charge in [0.05, 0.1) is 25.2 Å². The second-order valence-corrected chi connectivity index (χ2v) is 10.1. The number of aromatic amines is 1. The Kier molecular flexibility index (Phi) is 8.02. The van der Waals surface area contributed by atoms with Crippen molar-refractivity contribution in [3.8, 4) is 5.75 Å². The third kappa shape index (κ3) is 5.65. The van der Waals surface area contributed by atoms with Gasteiger partial charge in [-0.25, -0.2) is 9.07 Å². The summed E-state index contributed by atoms with van der Waals surface area (Å²) in [4.78, 5) is 18.7. The van der Waals surface area contributed by atoms with E-state index in [-0.39, 0.29) is 17.4 Å². The lowest BCUT2D eigenvalue weighted by Gasteiger charge is -2.31. The van der Waals surface area contributed by atoms with Gasteiger partial charge in [0, 0.05) is 29.6 Å². The fraction of sp³-hybridized carbons (Fsp3) is 0.290. The van der Waals surface area contributed by atoms with Crippen LogP contribution in [-0.4, -0.2) is 37.2 Å². The van der Waals surface area contributed by atoms with Gasteiger partial charge in [-0.1, -0.05) is 49.4 Å². The van der Waals surface area contributed by atoms with Crippen LogP contribution in [0.25, 0.3) is 10.9 Å². The molecule has 1 atom stereocenters. The van der Waals surface area contributed by atoms with Crippen molar-refractivity contribution in [2.75, 3.05) is 7.11 Å². The van der Waals surface area contributed by atoms with E-state index < -0.39 is 0 Å². The van der Waals surface area contributed by atoms with Crippen molar-refractivity contribution in [3.05, 3.63) is 117 Å². The van der Waals surface area contributed by atoms with E-state index in [2.05, 4.69) is 45.3 Å². The number of rotatable bonds is 10. The lowest BCUT2D eigenvalue weighted by Crippen LogP contribution is -2.32. The Bertz CT molecular complexity index is 1680. The van der Waals surface area contributed by atoms with Crippen molar-refractivity contribution in [1.82, 2.24) is 30.1 Å². The number of ether oxygens (including phenoxy) is 1. The number of fused-ring (bicyclic) bond motifs is 1. The first-order valence-corrected chi connectivity index (χ1v) is 13.4. The van der Waals surface area contributed by atoms with Crippen LogP contribution in [0, 0.1) is 19.7 Å². The molecular weight excluding hydrogens is 507 g/mol. The van der Waals surface area contributed by atoms with Crippen molar-refractivity contribution in [1.29, 1.82) is 0 Å². The molecule has 206 valence electrons. The van der Waals surface area contributed by atoms with Crippen molar-refractivity contribution in [3.63, 3.8) is 0 Å². The summed E-state index contributed by atoms with van der Waals surface area (Å²) in [6.45, 7) is 7.41. The summed E-state index contributed by atoms with van der Waals surface area (Å²) in [5.41, 5.74) is 5.41. The third-order valence-electron chi connectivity index (χ3n) is 7.39. The molecule has 9 heteroatoms. The maximum Gasteiger partial charge on any atom is 0.252 e. The predicted molar refractivity (Wildman–Crippen MR) is 153 cm³/mol. The highest BCUT2D eigenvalue weighted by molar-refractivity contribution is 5.85. The molecule has 2 aromatic heterocycles. The van der Waals surface area contributed by atoms with Gasteiger partial charge in [0.25, 0.3) is 5.56 Å². The maximum absolute atomic E-state index is 13.5. The standard InChI is InChI=1S/C31H33FN6O2/c1-5-27(30-34-35-36-38(30)17-22-12-14-25(32)15-13-22)37(18-23-8-6-7-9-28(23)40-4)19-24-16-26-20(2)10-11-21(3)29(26)33-31(24)39/h6-16,27H,5,17-19H2,1-4H3,(H,33,39). The van der Waals surface area contributed by atoms with E-state index in [4.69, 9.17) is 4.74 Å². The fourth-order valence-electron chi connectivity index (χ4n) is 5.21. The van der Waals surface area contributed by atoms with Gasteiger partial charge in [-0.05, 0) is 71.7 Å². The Morgan fingerprint density at radius 2 is 1.73 bits per heavy atom. The van der Waals surface area contributed by atoms with Gasteiger partial charge in [0.2, 0.25) is 0 Å². The van der Waals surface area contributed by atoms with E-state index >= 15 is 0 Å². The number of pyridine rings is 1. The van der Waals surface area contributed by atoms with Crippen molar-refractivity contribution in [2.24, 2.45) is 0 Å². The van der Waals surface area contributed by atoms with Gasteiger partial charge in [0.15, 0.2) is 5.82 Å². The highest BCUT2D eigenvalue weighted by Gasteiger charge is 2.27. The molecule has 3 aromatic carbocycles. The Morgan fingerprint density at radius 1 is 1.00 bits per heavy atom. The number of methoxy groups -OCH3 is 1. The average Bonchev–Trinajstić information content (AvgIpc) is 3.41. The van der Waals surface area contributed by atoms with Crippen molar-refractivity contribution >= 4 is 10.9 Å². The summed E-state index contributed by atoms with van der Waals surface area (Å²) >= 11 is 0. The Balaban J connectivity index is 1.56. The molecule has 0 spiro atoms. The number of para-hydroxylation sites is 1. The molecule has 40 heavy (non-hydrogen) atoms. The first kappa shape index (κ1) is 27.2. The number of benzene rings is 3. The van der Waals surface area contributed by atoms with Gasteiger partial charge in [-0.2, -0.15) is 0 Å². The van der Waals surface area contributed by atoms with E-state index in [9.17, 15) is 9.18 Å². The monoisotopic (exact) mass is 540 g/mol. The Hall–Kier alpha value is -4.37. The highest BCUT2D eigenvalue weighted by atomic mass is 19.1. The molecule has 0 aliphatic heterocycles. The zero-order valence-electron chi connectivity index (χ0n) is 23.2. The van der Waals surface area contributed by atoms with E-state index in [0.29, 0.717) is 37.4 Å². The number of aromatic nitrogens is 5. The zero-order chi connectivity index (χ0) is 28.2. The number of nitrogens with zero attached hydrogens (tertiary/aromatic N) is 5. The minimum absolute atomic E-state index is 0.119. The minimum Gasteiger partial charge on any atom is -0.496 e. The number of aryl methyl sites for hydroxylation is 2. The first-order chi connectivity index (χ1) is 19.4. The van der Waals surface area contributed by atoms with Crippen LogP contribution in [0.3, 0.4) is 0 Å². The Morgan fingerprint density at radius 3 is 2.48 bits per heavy atom. The van der Waals surface area contributed by atoms with Crippen molar-refractivity contribution in [2.45, 2.75) is 52.9 Å². The van der Waals surface area contributed by atoms with Gasteiger partial charge in [0.1, 0.15) is 11.6 Å². The molecule has 0 aliphatic carbocycles.